The third-order valence-electron chi connectivity index (χ3n) is 4.70. The van der Waals surface area contributed by atoms with Crippen LogP contribution >= 0.6 is 0 Å². The van der Waals surface area contributed by atoms with Crippen molar-refractivity contribution in [2.75, 3.05) is 31.8 Å². The molecule has 0 saturated heterocycles. The number of carbonyl (C=O) groups excluding carboxylic acids is 1. The summed E-state index contributed by atoms with van der Waals surface area (Å²) in [6, 6.07) is 8.14. The molecule has 0 spiro atoms. The summed E-state index contributed by atoms with van der Waals surface area (Å²) in [7, 11) is 1.55. The number of non-ortho nitro benzene ring substituents is 1. The number of amides is 1. The van der Waals surface area contributed by atoms with Gasteiger partial charge in [0.15, 0.2) is 11.5 Å². The molecule has 0 atom stereocenters. The molecule has 0 aliphatic carbocycles. The fourth-order valence-electron chi connectivity index (χ4n) is 3.38. The lowest BCUT2D eigenvalue weighted by molar-refractivity contribution is -0.384. The number of fused-ring (bicyclic) bond motifs is 2. The van der Waals surface area contributed by atoms with E-state index < -0.39 is 4.92 Å². The highest BCUT2D eigenvalue weighted by atomic mass is 16.6. The molecular formula is C20H18N2O6. The Morgan fingerprint density at radius 1 is 1.25 bits per heavy atom. The lowest BCUT2D eigenvalue weighted by Crippen LogP contribution is -2.26. The number of hydrogen-bond acceptors (Lipinski definition) is 6. The molecule has 0 radical (unpaired) electrons. The number of nitrogens with zero attached hydrogens (tertiary/aromatic N) is 2. The first-order valence-corrected chi connectivity index (χ1v) is 8.81. The molecule has 0 unspecified atom stereocenters. The maximum atomic E-state index is 12.7. The fourth-order valence-corrected chi connectivity index (χ4v) is 3.38. The number of rotatable bonds is 4. The van der Waals surface area contributed by atoms with E-state index in [9.17, 15) is 14.9 Å². The van der Waals surface area contributed by atoms with Crippen LogP contribution in [0.1, 0.15) is 11.1 Å². The molecule has 0 bridgehead atoms. The van der Waals surface area contributed by atoms with Crippen LogP contribution in [-0.4, -0.2) is 37.7 Å². The smallest absolute Gasteiger partial charge is 0.269 e. The van der Waals surface area contributed by atoms with Gasteiger partial charge in [0.25, 0.3) is 11.6 Å². The molecule has 0 N–H and O–H groups in total. The lowest BCUT2D eigenvalue weighted by Gasteiger charge is -2.21. The summed E-state index contributed by atoms with van der Waals surface area (Å²) < 4.78 is 16.5. The highest BCUT2D eigenvalue weighted by Gasteiger charge is 2.25. The minimum absolute atomic E-state index is 0.0342. The molecule has 2 aliphatic heterocycles. The van der Waals surface area contributed by atoms with E-state index in [-0.39, 0.29) is 11.6 Å². The Bertz CT molecular complexity index is 968. The molecule has 2 aromatic carbocycles. The van der Waals surface area contributed by atoms with Crippen molar-refractivity contribution in [1.29, 1.82) is 0 Å². The van der Waals surface area contributed by atoms with E-state index in [0.717, 1.165) is 11.1 Å². The van der Waals surface area contributed by atoms with Crippen molar-refractivity contribution in [1.82, 2.24) is 0 Å². The van der Waals surface area contributed by atoms with Gasteiger partial charge in [0.05, 0.1) is 12.0 Å². The zero-order valence-electron chi connectivity index (χ0n) is 15.2. The number of benzene rings is 2. The third kappa shape index (κ3) is 3.24. The SMILES string of the molecule is COc1cc(/C=C/C(=O)N2CCc3cc([N+](=O)[O-])ccc32)cc2c1OCCO2. The van der Waals surface area contributed by atoms with Crippen LogP contribution in [0.2, 0.25) is 0 Å². The second-order valence-corrected chi connectivity index (χ2v) is 6.39. The molecule has 28 heavy (non-hydrogen) atoms. The Morgan fingerprint density at radius 3 is 2.86 bits per heavy atom. The van der Waals surface area contributed by atoms with Gasteiger partial charge in [-0.15, -0.1) is 0 Å². The first-order chi connectivity index (χ1) is 13.6. The average Bonchev–Trinajstić information content (AvgIpc) is 3.14. The second-order valence-electron chi connectivity index (χ2n) is 6.39. The summed E-state index contributed by atoms with van der Waals surface area (Å²) in [5, 5.41) is 10.9. The topological polar surface area (TPSA) is 91.1 Å². The summed E-state index contributed by atoms with van der Waals surface area (Å²) in [6.45, 7) is 1.41. The summed E-state index contributed by atoms with van der Waals surface area (Å²) in [6.07, 6.45) is 3.75. The molecule has 0 aromatic heterocycles. The van der Waals surface area contributed by atoms with E-state index in [1.807, 2.05) is 0 Å². The molecule has 4 rings (SSSR count). The van der Waals surface area contributed by atoms with Crippen LogP contribution in [0.4, 0.5) is 11.4 Å². The molecule has 2 aromatic rings. The van der Waals surface area contributed by atoms with Crippen molar-refractivity contribution in [2.24, 2.45) is 0 Å². The summed E-state index contributed by atoms with van der Waals surface area (Å²) >= 11 is 0. The van der Waals surface area contributed by atoms with Crippen LogP contribution < -0.4 is 19.1 Å². The van der Waals surface area contributed by atoms with Crippen molar-refractivity contribution in [3.8, 4) is 17.2 Å². The number of ether oxygens (including phenoxy) is 3. The Balaban J connectivity index is 1.55. The third-order valence-corrected chi connectivity index (χ3v) is 4.70. The van der Waals surface area contributed by atoms with Gasteiger partial charge in [0, 0.05) is 30.4 Å². The maximum Gasteiger partial charge on any atom is 0.269 e. The van der Waals surface area contributed by atoms with Gasteiger partial charge in [-0.1, -0.05) is 0 Å². The Labute approximate surface area is 161 Å². The molecule has 144 valence electrons. The maximum absolute atomic E-state index is 12.7. The summed E-state index contributed by atoms with van der Waals surface area (Å²) in [4.78, 5) is 24.8. The standard InChI is InChI=1S/C20H18N2O6/c1-26-17-10-13(11-18-20(17)28-9-8-27-18)2-5-19(23)21-7-6-14-12-15(22(24)25)3-4-16(14)21/h2-5,10-12H,6-9H2,1H3/b5-2+. The van der Waals surface area contributed by atoms with Gasteiger partial charge in [-0.25, -0.2) is 0 Å². The highest BCUT2D eigenvalue weighted by Crippen LogP contribution is 2.40. The van der Waals surface area contributed by atoms with E-state index in [1.165, 1.54) is 18.2 Å². The van der Waals surface area contributed by atoms with Crippen LogP contribution in [0.15, 0.2) is 36.4 Å². The van der Waals surface area contributed by atoms with Gasteiger partial charge >= 0.3 is 0 Å². The van der Waals surface area contributed by atoms with Crippen LogP contribution in [0.25, 0.3) is 6.08 Å². The lowest BCUT2D eigenvalue weighted by atomic mass is 10.1. The van der Waals surface area contributed by atoms with Gasteiger partial charge in [0.2, 0.25) is 5.75 Å². The van der Waals surface area contributed by atoms with Crippen LogP contribution in [0, 0.1) is 10.1 Å². The second kappa shape index (κ2) is 7.22. The van der Waals surface area contributed by atoms with Crippen LogP contribution in [-0.2, 0) is 11.2 Å². The molecule has 0 saturated carbocycles. The van der Waals surface area contributed by atoms with Crippen molar-refractivity contribution < 1.29 is 23.9 Å². The number of methoxy groups -OCH3 is 1. The van der Waals surface area contributed by atoms with E-state index in [2.05, 4.69) is 0 Å². The largest absolute Gasteiger partial charge is 0.493 e. The number of nitro groups is 1. The Morgan fingerprint density at radius 2 is 2.07 bits per heavy atom. The van der Waals surface area contributed by atoms with E-state index >= 15 is 0 Å². The predicted octanol–water partition coefficient (Wildman–Crippen LogP) is 2.98. The van der Waals surface area contributed by atoms with Gasteiger partial charge in [0.1, 0.15) is 13.2 Å². The minimum Gasteiger partial charge on any atom is -0.493 e. The van der Waals surface area contributed by atoms with E-state index in [4.69, 9.17) is 14.2 Å². The molecule has 1 amide bonds. The minimum atomic E-state index is -0.431. The normalized spacial score (nSPS) is 14.8. The van der Waals surface area contributed by atoms with Crippen LogP contribution in [0.5, 0.6) is 17.2 Å². The molecule has 8 heteroatoms. The van der Waals surface area contributed by atoms with Gasteiger partial charge in [-0.05, 0) is 41.8 Å². The average molecular weight is 382 g/mol. The molecule has 2 heterocycles. The molecule has 2 aliphatic rings. The van der Waals surface area contributed by atoms with Crippen molar-refractivity contribution in [3.63, 3.8) is 0 Å². The number of carbonyl (C=O) groups is 1. The van der Waals surface area contributed by atoms with Crippen LogP contribution in [0.3, 0.4) is 0 Å². The highest BCUT2D eigenvalue weighted by molar-refractivity contribution is 6.05. The van der Waals surface area contributed by atoms with Crippen molar-refractivity contribution in [2.45, 2.75) is 6.42 Å². The first-order valence-electron chi connectivity index (χ1n) is 8.81. The Kier molecular flexibility index (Phi) is 4.60. The first kappa shape index (κ1) is 17.8. The van der Waals surface area contributed by atoms with E-state index in [1.54, 1.807) is 36.3 Å². The zero-order valence-corrected chi connectivity index (χ0v) is 15.2. The van der Waals surface area contributed by atoms with E-state index in [0.29, 0.717) is 49.1 Å². The van der Waals surface area contributed by atoms with Crippen molar-refractivity contribution >= 4 is 23.4 Å². The monoisotopic (exact) mass is 382 g/mol. The van der Waals surface area contributed by atoms with Gasteiger partial charge < -0.3 is 19.1 Å². The molecule has 8 nitrogen and oxygen atoms in total. The molecular weight excluding hydrogens is 364 g/mol. The Hall–Kier alpha value is -3.55. The number of hydrogen-bond donors (Lipinski definition) is 0. The van der Waals surface area contributed by atoms with Crippen molar-refractivity contribution in [3.05, 3.63) is 57.6 Å². The number of nitro benzene ring substituents is 1. The molecule has 0 fully saturated rings. The zero-order chi connectivity index (χ0) is 19.7. The predicted molar refractivity (Wildman–Crippen MR) is 102 cm³/mol. The fraction of sp³-hybridized carbons (Fsp3) is 0.250. The summed E-state index contributed by atoms with van der Waals surface area (Å²) in [5.74, 6) is 1.49. The number of anilines is 1. The quantitative estimate of drug-likeness (QED) is 0.459. The summed E-state index contributed by atoms with van der Waals surface area (Å²) in [5.41, 5.74) is 2.29. The van der Waals surface area contributed by atoms with Gasteiger partial charge in [-0.3, -0.25) is 14.9 Å². The van der Waals surface area contributed by atoms with Gasteiger partial charge in [-0.2, -0.15) is 0 Å².